The topological polar surface area (TPSA) is 68.0 Å². The summed E-state index contributed by atoms with van der Waals surface area (Å²) in [5, 5.41) is 2.91. The molecule has 4 aromatic rings. The third-order valence-electron chi connectivity index (χ3n) is 3.64. The van der Waals surface area contributed by atoms with Crippen molar-refractivity contribution >= 4 is 27.5 Å². The number of benzene rings is 1. The van der Waals surface area contributed by atoms with Crippen LogP contribution in [-0.4, -0.2) is 15.9 Å². The molecule has 0 bridgehead atoms. The number of carbonyl (C=O) groups is 1. The molecule has 0 saturated heterocycles. The molecule has 0 saturated carbocycles. The van der Waals surface area contributed by atoms with Crippen LogP contribution in [0.15, 0.2) is 64.9 Å². The lowest BCUT2D eigenvalue weighted by Gasteiger charge is -2.06. The van der Waals surface area contributed by atoms with Gasteiger partial charge in [0.05, 0.1) is 22.0 Å². The molecule has 0 aliphatic carbocycles. The molecule has 0 aliphatic rings. The second-order valence-electron chi connectivity index (χ2n) is 5.25. The summed E-state index contributed by atoms with van der Waals surface area (Å²) < 4.78 is 6.31. The molecule has 0 radical (unpaired) electrons. The number of hydrogen-bond donors (Lipinski definition) is 1. The molecule has 0 aliphatic heterocycles. The van der Waals surface area contributed by atoms with E-state index in [1.54, 1.807) is 24.0 Å². The van der Waals surface area contributed by atoms with Crippen LogP contribution in [0.1, 0.15) is 15.9 Å². The lowest BCUT2D eigenvalue weighted by molar-refractivity contribution is 0.0951. The van der Waals surface area contributed by atoms with Gasteiger partial charge in [0.1, 0.15) is 5.69 Å². The first-order valence-corrected chi connectivity index (χ1v) is 8.28. The number of thiazole rings is 1. The number of pyridine rings is 1. The molecule has 0 spiro atoms. The number of fused-ring (bicyclic) bond motifs is 1. The lowest BCUT2D eigenvalue weighted by Crippen LogP contribution is -2.22. The van der Waals surface area contributed by atoms with Gasteiger partial charge in [-0.05, 0) is 42.0 Å². The van der Waals surface area contributed by atoms with Gasteiger partial charge in [0.2, 0.25) is 0 Å². The number of amides is 1. The third kappa shape index (κ3) is 2.91. The molecule has 1 aromatic carbocycles. The molecule has 3 aromatic heterocycles. The van der Waals surface area contributed by atoms with Gasteiger partial charge < -0.3 is 9.73 Å². The summed E-state index contributed by atoms with van der Waals surface area (Å²) in [7, 11) is 0. The van der Waals surface area contributed by atoms with Crippen LogP contribution in [0.3, 0.4) is 0 Å². The molecule has 6 heteroatoms. The number of furan rings is 1. The molecule has 1 N–H and O–H groups in total. The Morgan fingerprint density at radius 2 is 2.12 bits per heavy atom. The number of hydrogen-bond acceptors (Lipinski definition) is 5. The first-order chi connectivity index (χ1) is 11.8. The summed E-state index contributed by atoms with van der Waals surface area (Å²) in [6.45, 7) is 0.422. The minimum absolute atomic E-state index is 0.111. The van der Waals surface area contributed by atoms with E-state index in [4.69, 9.17) is 4.42 Å². The van der Waals surface area contributed by atoms with Crippen molar-refractivity contribution in [3.63, 3.8) is 0 Å². The SMILES string of the molecule is O=C(NCc1ccc(-c2ccco2)nc1)c1ccc2ncsc2c1. The number of aromatic nitrogens is 2. The molecule has 24 heavy (non-hydrogen) atoms. The van der Waals surface area contributed by atoms with Crippen LogP contribution in [-0.2, 0) is 6.54 Å². The number of nitrogens with zero attached hydrogens (tertiary/aromatic N) is 2. The van der Waals surface area contributed by atoms with Gasteiger partial charge in [-0.3, -0.25) is 9.78 Å². The van der Waals surface area contributed by atoms with Gasteiger partial charge in [-0.2, -0.15) is 0 Å². The first kappa shape index (κ1) is 14.6. The number of carbonyl (C=O) groups excluding carboxylic acids is 1. The van der Waals surface area contributed by atoms with Crippen LogP contribution in [0.2, 0.25) is 0 Å². The number of nitrogens with one attached hydrogen (secondary N) is 1. The van der Waals surface area contributed by atoms with Gasteiger partial charge in [-0.15, -0.1) is 11.3 Å². The van der Waals surface area contributed by atoms with Crippen molar-refractivity contribution in [1.82, 2.24) is 15.3 Å². The summed E-state index contributed by atoms with van der Waals surface area (Å²) in [6.07, 6.45) is 3.36. The Morgan fingerprint density at radius 3 is 2.92 bits per heavy atom. The number of rotatable bonds is 4. The zero-order valence-electron chi connectivity index (χ0n) is 12.6. The van der Waals surface area contributed by atoms with Crippen LogP contribution >= 0.6 is 11.3 Å². The quantitative estimate of drug-likeness (QED) is 0.614. The third-order valence-corrected chi connectivity index (χ3v) is 4.44. The van der Waals surface area contributed by atoms with E-state index in [2.05, 4.69) is 15.3 Å². The highest BCUT2D eigenvalue weighted by Crippen LogP contribution is 2.19. The van der Waals surface area contributed by atoms with Gasteiger partial charge in [-0.1, -0.05) is 6.07 Å². The molecule has 5 nitrogen and oxygen atoms in total. The molecule has 0 fully saturated rings. The summed E-state index contributed by atoms with van der Waals surface area (Å²) in [6, 6.07) is 13.0. The molecule has 0 atom stereocenters. The maximum atomic E-state index is 12.3. The van der Waals surface area contributed by atoms with Crippen molar-refractivity contribution in [2.45, 2.75) is 6.54 Å². The van der Waals surface area contributed by atoms with Gasteiger partial charge in [0, 0.05) is 18.3 Å². The predicted octanol–water partition coefficient (Wildman–Crippen LogP) is 3.88. The minimum Gasteiger partial charge on any atom is -0.463 e. The zero-order valence-corrected chi connectivity index (χ0v) is 13.4. The van der Waals surface area contributed by atoms with Gasteiger partial charge in [0.15, 0.2) is 5.76 Å². The Morgan fingerprint density at radius 1 is 1.17 bits per heavy atom. The van der Waals surface area contributed by atoms with Crippen molar-refractivity contribution < 1.29 is 9.21 Å². The van der Waals surface area contributed by atoms with Gasteiger partial charge in [-0.25, -0.2) is 4.98 Å². The largest absolute Gasteiger partial charge is 0.463 e. The molecule has 3 heterocycles. The Bertz CT molecular complexity index is 975. The highest BCUT2D eigenvalue weighted by molar-refractivity contribution is 7.16. The second kappa shape index (κ2) is 6.25. The summed E-state index contributed by atoms with van der Waals surface area (Å²) in [5.74, 6) is 0.615. The van der Waals surface area contributed by atoms with Gasteiger partial charge in [0.25, 0.3) is 5.91 Å². The van der Waals surface area contributed by atoms with Crippen molar-refractivity contribution in [3.05, 3.63) is 71.6 Å². The monoisotopic (exact) mass is 335 g/mol. The Kier molecular flexibility index (Phi) is 3.80. The smallest absolute Gasteiger partial charge is 0.251 e. The maximum absolute atomic E-state index is 12.3. The highest BCUT2D eigenvalue weighted by Gasteiger charge is 2.08. The highest BCUT2D eigenvalue weighted by atomic mass is 32.1. The fourth-order valence-corrected chi connectivity index (χ4v) is 3.10. The van der Waals surface area contributed by atoms with E-state index in [0.29, 0.717) is 12.1 Å². The zero-order chi connectivity index (χ0) is 16.4. The lowest BCUT2D eigenvalue weighted by atomic mass is 10.2. The van der Waals surface area contributed by atoms with Crippen LogP contribution < -0.4 is 5.32 Å². The van der Waals surface area contributed by atoms with Crippen molar-refractivity contribution in [1.29, 1.82) is 0 Å². The van der Waals surface area contributed by atoms with Crippen molar-refractivity contribution in [2.75, 3.05) is 0 Å². The fraction of sp³-hybridized carbons (Fsp3) is 0.0556. The predicted molar refractivity (Wildman–Crippen MR) is 92.7 cm³/mol. The Balaban J connectivity index is 1.43. The van der Waals surface area contributed by atoms with Crippen molar-refractivity contribution in [3.8, 4) is 11.5 Å². The Hall–Kier alpha value is -2.99. The standard InChI is InChI=1S/C18H13N3O2S/c22-18(13-4-6-15-17(8-13)24-11-21-15)20-10-12-3-5-14(19-9-12)16-2-1-7-23-16/h1-9,11H,10H2,(H,20,22). The van der Waals surface area contributed by atoms with Crippen LogP contribution in [0.5, 0.6) is 0 Å². The minimum atomic E-state index is -0.111. The normalized spacial score (nSPS) is 10.8. The van der Waals surface area contributed by atoms with E-state index < -0.39 is 0 Å². The molecular formula is C18H13N3O2S. The molecule has 0 unspecified atom stereocenters. The van der Waals surface area contributed by atoms with Crippen LogP contribution in [0.25, 0.3) is 21.7 Å². The van der Waals surface area contributed by atoms with E-state index >= 15 is 0 Å². The molecule has 1 amide bonds. The summed E-state index contributed by atoms with van der Waals surface area (Å²) >= 11 is 1.52. The first-order valence-electron chi connectivity index (χ1n) is 7.40. The van der Waals surface area contributed by atoms with E-state index in [0.717, 1.165) is 27.2 Å². The average molecular weight is 335 g/mol. The van der Waals surface area contributed by atoms with E-state index in [1.807, 2.05) is 36.4 Å². The average Bonchev–Trinajstić information content (AvgIpc) is 3.30. The maximum Gasteiger partial charge on any atom is 0.251 e. The van der Waals surface area contributed by atoms with E-state index in [9.17, 15) is 4.79 Å². The second-order valence-corrected chi connectivity index (χ2v) is 6.13. The summed E-state index contributed by atoms with van der Waals surface area (Å²) in [5.41, 5.74) is 5.02. The van der Waals surface area contributed by atoms with E-state index in [-0.39, 0.29) is 5.91 Å². The van der Waals surface area contributed by atoms with Crippen LogP contribution in [0.4, 0.5) is 0 Å². The van der Waals surface area contributed by atoms with Gasteiger partial charge >= 0.3 is 0 Å². The van der Waals surface area contributed by atoms with Crippen molar-refractivity contribution in [2.24, 2.45) is 0 Å². The molecule has 4 rings (SSSR count). The van der Waals surface area contributed by atoms with E-state index in [1.165, 1.54) is 11.3 Å². The molecule has 118 valence electrons. The molecular weight excluding hydrogens is 322 g/mol. The Labute approximate surface area is 142 Å². The summed E-state index contributed by atoms with van der Waals surface area (Å²) in [4.78, 5) is 20.8. The fourth-order valence-electron chi connectivity index (χ4n) is 2.38. The van der Waals surface area contributed by atoms with Crippen LogP contribution in [0, 0.1) is 0 Å².